The molecule has 0 amide bonds. The van der Waals surface area contributed by atoms with Gasteiger partial charge in [-0.3, -0.25) is 9.80 Å². The van der Waals surface area contributed by atoms with Gasteiger partial charge < -0.3 is 4.42 Å². The third kappa shape index (κ3) is 3.44. The first-order chi connectivity index (χ1) is 9.83. The standard InChI is InChI=1S/C17H28N2O/c1-15(8-9-17-7-4-13-20-17)19-12-5-11-18-10-3-2-6-16(18)14-19/h4,7,13,15-16H,2-3,5-6,8-12,14H2,1H3. The predicted octanol–water partition coefficient (Wildman–Crippen LogP) is 3.16. The van der Waals surface area contributed by atoms with Gasteiger partial charge in [-0.1, -0.05) is 6.42 Å². The highest BCUT2D eigenvalue weighted by atomic mass is 16.3. The van der Waals surface area contributed by atoms with E-state index < -0.39 is 0 Å². The SMILES string of the molecule is CC(CCc1ccco1)N1CCCN2CCCCC2C1. The summed E-state index contributed by atoms with van der Waals surface area (Å²) in [5, 5.41) is 0. The average molecular weight is 276 g/mol. The Labute approximate surface area is 122 Å². The minimum Gasteiger partial charge on any atom is -0.469 e. The highest BCUT2D eigenvalue weighted by molar-refractivity contribution is 4.98. The van der Waals surface area contributed by atoms with Crippen molar-refractivity contribution in [1.29, 1.82) is 0 Å². The summed E-state index contributed by atoms with van der Waals surface area (Å²) in [6.45, 7) is 7.58. The van der Waals surface area contributed by atoms with Crippen molar-refractivity contribution < 1.29 is 4.42 Å². The third-order valence-corrected chi connectivity index (χ3v) is 5.10. The number of piperidine rings is 1. The van der Waals surface area contributed by atoms with E-state index in [1.807, 2.05) is 6.07 Å². The van der Waals surface area contributed by atoms with Gasteiger partial charge in [-0.15, -0.1) is 0 Å². The largest absolute Gasteiger partial charge is 0.469 e. The number of hydrogen-bond acceptors (Lipinski definition) is 3. The zero-order valence-electron chi connectivity index (χ0n) is 12.8. The molecule has 1 aromatic heterocycles. The van der Waals surface area contributed by atoms with Crippen molar-refractivity contribution >= 4 is 0 Å². The van der Waals surface area contributed by atoms with Crippen LogP contribution in [0.15, 0.2) is 22.8 Å². The maximum absolute atomic E-state index is 5.46. The maximum atomic E-state index is 5.46. The van der Waals surface area contributed by atoms with Crippen LogP contribution in [0, 0.1) is 0 Å². The van der Waals surface area contributed by atoms with Gasteiger partial charge in [0.25, 0.3) is 0 Å². The fraction of sp³-hybridized carbons (Fsp3) is 0.765. The van der Waals surface area contributed by atoms with Gasteiger partial charge in [0, 0.05) is 25.0 Å². The van der Waals surface area contributed by atoms with Crippen LogP contribution >= 0.6 is 0 Å². The number of rotatable bonds is 4. The van der Waals surface area contributed by atoms with Crippen LogP contribution in [-0.2, 0) is 6.42 Å². The molecule has 0 aromatic carbocycles. The fourth-order valence-electron chi connectivity index (χ4n) is 3.79. The molecule has 1 aromatic rings. The lowest BCUT2D eigenvalue weighted by molar-refractivity contribution is 0.120. The number of nitrogens with zero attached hydrogens (tertiary/aromatic N) is 2. The highest BCUT2D eigenvalue weighted by Gasteiger charge is 2.28. The fourth-order valence-corrected chi connectivity index (χ4v) is 3.79. The molecule has 0 spiro atoms. The molecule has 2 aliphatic heterocycles. The average Bonchev–Trinajstić information content (AvgIpc) is 2.89. The van der Waals surface area contributed by atoms with Crippen LogP contribution in [0.3, 0.4) is 0 Å². The summed E-state index contributed by atoms with van der Waals surface area (Å²) < 4.78 is 5.46. The van der Waals surface area contributed by atoms with Crippen LogP contribution in [-0.4, -0.2) is 48.1 Å². The van der Waals surface area contributed by atoms with E-state index in [4.69, 9.17) is 4.42 Å². The van der Waals surface area contributed by atoms with Crippen molar-refractivity contribution in [3.05, 3.63) is 24.2 Å². The third-order valence-electron chi connectivity index (χ3n) is 5.10. The van der Waals surface area contributed by atoms with E-state index >= 15 is 0 Å². The second-order valence-corrected chi connectivity index (χ2v) is 6.50. The van der Waals surface area contributed by atoms with Gasteiger partial charge in [-0.05, 0) is 64.4 Å². The zero-order chi connectivity index (χ0) is 13.8. The molecule has 2 aliphatic rings. The molecule has 20 heavy (non-hydrogen) atoms. The molecule has 0 N–H and O–H groups in total. The van der Waals surface area contributed by atoms with Crippen LogP contribution in [0.4, 0.5) is 0 Å². The van der Waals surface area contributed by atoms with Crippen LogP contribution in [0.2, 0.25) is 0 Å². The predicted molar refractivity (Wildman–Crippen MR) is 81.9 cm³/mol. The lowest BCUT2D eigenvalue weighted by Gasteiger charge is -2.37. The maximum Gasteiger partial charge on any atom is 0.103 e. The van der Waals surface area contributed by atoms with Gasteiger partial charge >= 0.3 is 0 Å². The van der Waals surface area contributed by atoms with Gasteiger partial charge in [0.15, 0.2) is 0 Å². The summed E-state index contributed by atoms with van der Waals surface area (Å²) in [5.74, 6) is 1.13. The summed E-state index contributed by atoms with van der Waals surface area (Å²) in [6.07, 6.45) is 9.63. The molecule has 3 rings (SSSR count). The first-order valence-electron chi connectivity index (χ1n) is 8.33. The molecule has 2 saturated heterocycles. The molecule has 0 bridgehead atoms. The van der Waals surface area contributed by atoms with Gasteiger partial charge in [0.1, 0.15) is 5.76 Å². The van der Waals surface area contributed by atoms with Crippen molar-refractivity contribution in [2.45, 2.75) is 57.5 Å². The summed E-state index contributed by atoms with van der Waals surface area (Å²) in [6, 6.07) is 5.57. The molecular formula is C17H28N2O. The topological polar surface area (TPSA) is 19.6 Å². The minimum absolute atomic E-state index is 0.668. The van der Waals surface area contributed by atoms with Gasteiger partial charge in [0.05, 0.1) is 6.26 Å². The Morgan fingerprint density at radius 1 is 1.25 bits per heavy atom. The lowest BCUT2D eigenvalue weighted by atomic mass is 10.0. The van der Waals surface area contributed by atoms with E-state index in [1.165, 1.54) is 58.3 Å². The second kappa shape index (κ2) is 6.77. The number of furan rings is 1. The van der Waals surface area contributed by atoms with E-state index in [9.17, 15) is 0 Å². The van der Waals surface area contributed by atoms with E-state index in [0.29, 0.717) is 6.04 Å². The Kier molecular flexibility index (Phi) is 4.79. The van der Waals surface area contributed by atoms with Crippen LogP contribution in [0.25, 0.3) is 0 Å². The molecule has 3 heterocycles. The summed E-state index contributed by atoms with van der Waals surface area (Å²) >= 11 is 0. The van der Waals surface area contributed by atoms with Crippen LogP contribution in [0.5, 0.6) is 0 Å². The van der Waals surface area contributed by atoms with Crippen LogP contribution < -0.4 is 0 Å². The van der Waals surface area contributed by atoms with Crippen molar-refractivity contribution in [3.63, 3.8) is 0 Å². The molecule has 0 aliphatic carbocycles. The quantitative estimate of drug-likeness (QED) is 0.842. The number of hydrogen-bond donors (Lipinski definition) is 0. The smallest absolute Gasteiger partial charge is 0.103 e. The van der Waals surface area contributed by atoms with Gasteiger partial charge in [-0.2, -0.15) is 0 Å². The molecule has 2 unspecified atom stereocenters. The Bertz CT molecular complexity index is 390. The molecule has 112 valence electrons. The molecule has 3 nitrogen and oxygen atoms in total. The van der Waals surface area contributed by atoms with E-state index in [-0.39, 0.29) is 0 Å². The van der Waals surface area contributed by atoms with E-state index in [0.717, 1.165) is 18.2 Å². The Morgan fingerprint density at radius 2 is 2.15 bits per heavy atom. The first kappa shape index (κ1) is 14.2. The summed E-state index contributed by atoms with van der Waals surface area (Å²) in [7, 11) is 0. The summed E-state index contributed by atoms with van der Waals surface area (Å²) in [4.78, 5) is 5.46. The van der Waals surface area contributed by atoms with Gasteiger partial charge in [0.2, 0.25) is 0 Å². The van der Waals surface area contributed by atoms with E-state index in [2.05, 4.69) is 22.8 Å². The Hall–Kier alpha value is -0.800. The summed E-state index contributed by atoms with van der Waals surface area (Å²) in [5.41, 5.74) is 0. The number of aryl methyl sites for hydroxylation is 1. The molecule has 3 heteroatoms. The molecule has 0 saturated carbocycles. The molecular weight excluding hydrogens is 248 g/mol. The Balaban J connectivity index is 1.52. The number of fused-ring (bicyclic) bond motifs is 1. The highest BCUT2D eigenvalue weighted by Crippen LogP contribution is 2.23. The monoisotopic (exact) mass is 276 g/mol. The molecule has 2 atom stereocenters. The normalized spacial score (nSPS) is 26.9. The van der Waals surface area contributed by atoms with Crippen molar-refractivity contribution in [2.75, 3.05) is 26.2 Å². The molecule has 2 fully saturated rings. The lowest BCUT2D eigenvalue weighted by Crippen LogP contribution is -2.45. The van der Waals surface area contributed by atoms with Gasteiger partial charge in [-0.25, -0.2) is 0 Å². The van der Waals surface area contributed by atoms with E-state index in [1.54, 1.807) is 6.26 Å². The first-order valence-corrected chi connectivity index (χ1v) is 8.33. The second-order valence-electron chi connectivity index (χ2n) is 6.50. The van der Waals surface area contributed by atoms with Crippen molar-refractivity contribution in [1.82, 2.24) is 9.80 Å². The van der Waals surface area contributed by atoms with Crippen molar-refractivity contribution in [2.24, 2.45) is 0 Å². The molecule has 0 radical (unpaired) electrons. The minimum atomic E-state index is 0.668. The van der Waals surface area contributed by atoms with Crippen molar-refractivity contribution in [3.8, 4) is 0 Å². The zero-order valence-corrected chi connectivity index (χ0v) is 12.8. The Morgan fingerprint density at radius 3 is 3.00 bits per heavy atom. The van der Waals surface area contributed by atoms with Crippen LogP contribution in [0.1, 0.15) is 44.8 Å².